The van der Waals surface area contributed by atoms with Gasteiger partial charge >= 0.3 is 5.97 Å². The predicted molar refractivity (Wildman–Crippen MR) is 140 cm³/mol. The smallest absolute Gasteiger partial charge is 0.306 e. The third-order valence-electron chi connectivity index (χ3n) is 5.83. The van der Waals surface area contributed by atoms with Crippen LogP contribution in [-0.2, 0) is 19.6 Å². The maximum absolute atomic E-state index is 13.4. The van der Waals surface area contributed by atoms with Gasteiger partial charge in [0.1, 0.15) is 11.5 Å². The first kappa shape index (κ1) is 27.0. The third kappa shape index (κ3) is 6.74. The molecule has 0 aliphatic heterocycles. The summed E-state index contributed by atoms with van der Waals surface area (Å²) in [5.41, 5.74) is 2.38. The molecule has 0 radical (unpaired) electrons. The van der Waals surface area contributed by atoms with Gasteiger partial charge < -0.3 is 14.2 Å². The lowest BCUT2D eigenvalue weighted by atomic mass is 9.87. The molecule has 0 aromatic heterocycles. The zero-order chi connectivity index (χ0) is 26.1. The number of ether oxygens (including phenoxy) is 3. The summed E-state index contributed by atoms with van der Waals surface area (Å²) in [5.74, 6) is 0.0724. The minimum atomic E-state index is -3.94. The summed E-state index contributed by atoms with van der Waals surface area (Å²) in [6.07, 6.45) is 3.43. The van der Waals surface area contributed by atoms with Crippen molar-refractivity contribution in [1.29, 1.82) is 0 Å². The highest BCUT2D eigenvalue weighted by molar-refractivity contribution is 7.89. The van der Waals surface area contributed by atoms with E-state index in [1.807, 2.05) is 49.4 Å². The van der Waals surface area contributed by atoms with Gasteiger partial charge in [-0.1, -0.05) is 66.2 Å². The van der Waals surface area contributed by atoms with Crippen LogP contribution in [0.4, 0.5) is 0 Å². The van der Waals surface area contributed by atoms with Crippen molar-refractivity contribution in [3.8, 4) is 11.5 Å². The lowest BCUT2D eigenvalue weighted by Gasteiger charge is -2.27. The Bertz CT molecular complexity index is 1300. The predicted octanol–water partition coefficient (Wildman–Crippen LogP) is 4.72. The number of hydrogen-bond acceptors (Lipinski definition) is 6. The van der Waals surface area contributed by atoms with E-state index in [0.29, 0.717) is 17.1 Å². The maximum Gasteiger partial charge on any atom is 0.306 e. The number of sulfonamides is 1. The molecule has 2 atom stereocenters. The first-order valence-corrected chi connectivity index (χ1v) is 12.9. The van der Waals surface area contributed by atoms with Gasteiger partial charge in [0, 0.05) is 17.5 Å². The molecule has 36 heavy (non-hydrogen) atoms. The molecule has 3 aromatic carbocycles. The summed E-state index contributed by atoms with van der Waals surface area (Å²) < 4.78 is 45.6. The molecule has 8 heteroatoms. The Morgan fingerprint density at radius 3 is 2.14 bits per heavy atom. The van der Waals surface area contributed by atoms with E-state index in [2.05, 4.69) is 4.72 Å². The fourth-order valence-corrected chi connectivity index (χ4v) is 5.13. The second kappa shape index (κ2) is 12.4. The molecule has 3 rings (SSSR count). The third-order valence-corrected chi connectivity index (χ3v) is 7.31. The van der Waals surface area contributed by atoms with E-state index in [1.54, 1.807) is 49.6 Å². The number of hydrogen-bond donors (Lipinski definition) is 1. The van der Waals surface area contributed by atoms with Crippen LogP contribution in [0.1, 0.15) is 29.0 Å². The molecule has 0 aliphatic rings. The van der Waals surface area contributed by atoms with Gasteiger partial charge in [0.25, 0.3) is 0 Å². The van der Waals surface area contributed by atoms with Crippen molar-refractivity contribution in [3.63, 3.8) is 0 Å². The van der Waals surface area contributed by atoms with E-state index in [4.69, 9.17) is 14.2 Å². The number of nitrogens with one attached hydrogen (secondary N) is 1. The van der Waals surface area contributed by atoms with Gasteiger partial charge in [0.05, 0.1) is 32.6 Å². The molecule has 0 aliphatic carbocycles. The van der Waals surface area contributed by atoms with Crippen molar-refractivity contribution >= 4 is 22.1 Å². The fraction of sp³-hybridized carbons (Fsp3) is 0.250. The van der Waals surface area contributed by atoms with Crippen molar-refractivity contribution in [1.82, 2.24) is 4.72 Å². The highest BCUT2D eigenvalue weighted by Gasteiger charge is 2.31. The second-order valence-corrected chi connectivity index (χ2v) is 9.90. The molecule has 190 valence electrons. The van der Waals surface area contributed by atoms with Crippen LogP contribution in [0, 0.1) is 6.92 Å². The minimum absolute atomic E-state index is 0.0752. The number of methoxy groups -OCH3 is 3. The van der Waals surface area contributed by atoms with Crippen molar-refractivity contribution in [2.45, 2.75) is 30.2 Å². The van der Waals surface area contributed by atoms with E-state index in [9.17, 15) is 13.2 Å². The number of carbonyl (C=O) groups is 1. The zero-order valence-electron chi connectivity index (χ0n) is 20.8. The fourth-order valence-electron chi connectivity index (χ4n) is 3.90. The maximum atomic E-state index is 13.4. The Morgan fingerprint density at radius 2 is 1.50 bits per heavy atom. The molecule has 7 nitrogen and oxygen atoms in total. The Labute approximate surface area is 212 Å². The normalized spacial score (nSPS) is 13.2. The standard InChI is InChI=1S/C28H31NO6S/c1-20-13-16-22(17-14-20)36(31,32)29-25(18-15-21-9-5-7-11-26(21)33-2)24(19-28(30)35-4)23-10-6-8-12-27(23)34-3/h5-18,24-25,29H,19H2,1-4H3/b18-15+/t24-,25+/m0/s1. The van der Waals surface area contributed by atoms with Crippen molar-refractivity contribution in [2.75, 3.05) is 21.3 Å². The summed E-state index contributed by atoms with van der Waals surface area (Å²) in [5, 5.41) is 0. The molecule has 0 amide bonds. The molecule has 0 fully saturated rings. The molecular formula is C28H31NO6S. The second-order valence-electron chi connectivity index (χ2n) is 8.19. The van der Waals surface area contributed by atoms with Crippen LogP contribution < -0.4 is 14.2 Å². The average molecular weight is 510 g/mol. The van der Waals surface area contributed by atoms with Crippen molar-refractivity contribution in [3.05, 3.63) is 95.6 Å². The van der Waals surface area contributed by atoms with Crippen LogP contribution in [-0.4, -0.2) is 41.8 Å². The van der Waals surface area contributed by atoms with Crippen LogP contribution in [0.15, 0.2) is 83.8 Å². The lowest BCUT2D eigenvalue weighted by molar-refractivity contribution is -0.141. The number of benzene rings is 3. The Kier molecular flexibility index (Phi) is 9.27. The summed E-state index contributed by atoms with van der Waals surface area (Å²) in [6, 6.07) is 20.4. The summed E-state index contributed by atoms with van der Waals surface area (Å²) >= 11 is 0. The molecule has 3 aromatic rings. The van der Waals surface area contributed by atoms with Crippen LogP contribution in [0.5, 0.6) is 11.5 Å². The average Bonchev–Trinajstić information content (AvgIpc) is 2.90. The van der Waals surface area contributed by atoms with Crippen LogP contribution >= 0.6 is 0 Å². The Balaban J connectivity index is 2.12. The SMILES string of the molecule is COC(=O)C[C@@H](c1ccccc1OC)[C@@H](/C=C/c1ccccc1OC)NS(=O)(=O)c1ccc(C)cc1. The van der Waals surface area contributed by atoms with Gasteiger partial charge in [-0.3, -0.25) is 4.79 Å². The lowest BCUT2D eigenvalue weighted by Crippen LogP contribution is -2.39. The molecule has 1 N–H and O–H groups in total. The monoisotopic (exact) mass is 509 g/mol. The summed E-state index contributed by atoms with van der Waals surface area (Å²) in [7, 11) is 0.467. The number of aryl methyl sites for hydroxylation is 1. The number of rotatable bonds is 11. The molecule has 0 heterocycles. The summed E-state index contributed by atoms with van der Waals surface area (Å²) in [6.45, 7) is 1.89. The molecule has 0 unspecified atom stereocenters. The molecule has 0 saturated heterocycles. The molecule has 0 saturated carbocycles. The van der Waals surface area contributed by atoms with Gasteiger partial charge in [-0.05, 0) is 36.8 Å². The molecular weight excluding hydrogens is 478 g/mol. The quantitative estimate of drug-likeness (QED) is 0.376. The zero-order valence-corrected chi connectivity index (χ0v) is 21.6. The van der Waals surface area contributed by atoms with Gasteiger partial charge in [-0.15, -0.1) is 0 Å². The Hall–Kier alpha value is -3.62. The van der Waals surface area contributed by atoms with Crippen LogP contribution in [0.2, 0.25) is 0 Å². The van der Waals surface area contributed by atoms with Crippen molar-refractivity contribution in [2.24, 2.45) is 0 Å². The minimum Gasteiger partial charge on any atom is -0.496 e. The van der Waals surface area contributed by atoms with Gasteiger partial charge in [-0.25, -0.2) is 13.1 Å². The first-order valence-electron chi connectivity index (χ1n) is 11.4. The van der Waals surface area contributed by atoms with Gasteiger partial charge in [0.2, 0.25) is 10.0 Å². The topological polar surface area (TPSA) is 90.9 Å². The van der Waals surface area contributed by atoms with Gasteiger partial charge in [-0.2, -0.15) is 0 Å². The highest BCUT2D eigenvalue weighted by atomic mass is 32.2. The molecule has 0 bridgehead atoms. The number of para-hydroxylation sites is 2. The first-order chi connectivity index (χ1) is 17.3. The number of esters is 1. The van der Waals surface area contributed by atoms with Crippen LogP contribution in [0.3, 0.4) is 0 Å². The van der Waals surface area contributed by atoms with E-state index < -0.39 is 28.0 Å². The largest absolute Gasteiger partial charge is 0.496 e. The number of carbonyl (C=O) groups excluding carboxylic acids is 1. The Morgan fingerprint density at radius 1 is 0.889 bits per heavy atom. The molecule has 0 spiro atoms. The highest BCUT2D eigenvalue weighted by Crippen LogP contribution is 2.34. The van der Waals surface area contributed by atoms with E-state index >= 15 is 0 Å². The van der Waals surface area contributed by atoms with E-state index in [-0.39, 0.29) is 11.3 Å². The summed E-state index contributed by atoms with van der Waals surface area (Å²) in [4.78, 5) is 12.6. The van der Waals surface area contributed by atoms with E-state index in [0.717, 1.165) is 11.1 Å². The van der Waals surface area contributed by atoms with E-state index in [1.165, 1.54) is 14.2 Å². The van der Waals surface area contributed by atoms with Gasteiger partial charge in [0.15, 0.2) is 0 Å². The van der Waals surface area contributed by atoms with Crippen molar-refractivity contribution < 1.29 is 27.4 Å². The van der Waals surface area contributed by atoms with Crippen LogP contribution in [0.25, 0.3) is 6.08 Å².